The van der Waals surface area contributed by atoms with Gasteiger partial charge in [0.05, 0.1) is 5.75 Å². The second kappa shape index (κ2) is 4.82. The summed E-state index contributed by atoms with van der Waals surface area (Å²) in [7, 11) is -3.65. The van der Waals surface area contributed by atoms with Crippen molar-refractivity contribution in [3.05, 3.63) is 11.3 Å². The Hall–Kier alpha value is -1.61. The van der Waals surface area contributed by atoms with E-state index in [9.17, 15) is 13.2 Å². The van der Waals surface area contributed by atoms with Crippen LogP contribution in [-0.2, 0) is 14.6 Å². The number of carbonyl (C=O) groups is 1. The lowest BCUT2D eigenvalue weighted by atomic mass is 10.3. The molecule has 10 heteroatoms. The van der Waals surface area contributed by atoms with Crippen molar-refractivity contribution in [1.82, 2.24) is 9.97 Å². The van der Waals surface area contributed by atoms with Gasteiger partial charge in [0, 0.05) is 13.1 Å². The highest BCUT2D eigenvalue weighted by molar-refractivity contribution is 7.92. The van der Waals surface area contributed by atoms with Gasteiger partial charge in [-0.25, -0.2) is 18.4 Å². The number of rotatable bonds is 2. The molecule has 1 aromatic rings. The minimum Gasteiger partial charge on any atom is -0.480 e. The Morgan fingerprint density at radius 2 is 2.21 bits per heavy atom. The van der Waals surface area contributed by atoms with Gasteiger partial charge in [-0.15, -0.1) is 0 Å². The lowest BCUT2D eigenvalue weighted by molar-refractivity contribution is -0.136. The molecule has 104 valence electrons. The lowest BCUT2D eigenvalue weighted by Crippen LogP contribution is -2.50. The highest BCUT2D eigenvalue weighted by Gasteiger charge is 2.39. The van der Waals surface area contributed by atoms with Gasteiger partial charge in [-0.05, 0) is 0 Å². The van der Waals surface area contributed by atoms with Gasteiger partial charge in [-0.2, -0.15) is 0 Å². The van der Waals surface area contributed by atoms with E-state index < -0.39 is 21.1 Å². The lowest BCUT2D eigenvalue weighted by Gasteiger charge is -2.31. The number of carboxylic acid groups (broad SMARTS) is 1. The SMILES string of the molecule is Nc1ncnc(N2CCS(=O)(=O)C(C(=O)O)C2)c1Cl. The Balaban J connectivity index is 2.34. The minimum atomic E-state index is -3.65. The van der Waals surface area contributed by atoms with Crippen LogP contribution in [0.15, 0.2) is 6.33 Å². The Kier molecular flexibility index (Phi) is 3.50. The Morgan fingerprint density at radius 3 is 2.84 bits per heavy atom. The maximum Gasteiger partial charge on any atom is 0.323 e. The molecule has 2 heterocycles. The van der Waals surface area contributed by atoms with Crippen LogP contribution in [-0.4, -0.2) is 53.6 Å². The topological polar surface area (TPSA) is 126 Å². The Morgan fingerprint density at radius 1 is 1.53 bits per heavy atom. The summed E-state index contributed by atoms with van der Waals surface area (Å²) in [6.45, 7) is -0.101. The second-order valence-electron chi connectivity index (χ2n) is 4.04. The molecule has 19 heavy (non-hydrogen) atoms. The van der Waals surface area contributed by atoms with Crippen molar-refractivity contribution >= 4 is 39.0 Å². The third kappa shape index (κ3) is 2.56. The molecule has 1 aliphatic heterocycles. The number of aliphatic carboxylic acids is 1. The predicted molar refractivity (Wildman–Crippen MR) is 68.9 cm³/mol. The van der Waals surface area contributed by atoms with Crippen LogP contribution in [0.2, 0.25) is 5.02 Å². The summed E-state index contributed by atoms with van der Waals surface area (Å²) < 4.78 is 23.3. The van der Waals surface area contributed by atoms with E-state index in [1.165, 1.54) is 11.2 Å². The zero-order chi connectivity index (χ0) is 14.2. The van der Waals surface area contributed by atoms with Crippen molar-refractivity contribution in [2.24, 2.45) is 0 Å². The van der Waals surface area contributed by atoms with Gasteiger partial charge in [-0.3, -0.25) is 4.79 Å². The van der Waals surface area contributed by atoms with Gasteiger partial charge in [0.15, 0.2) is 20.9 Å². The smallest absolute Gasteiger partial charge is 0.323 e. The highest BCUT2D eigenvalue weighted by atomic mass is 35.5. The first kappa shape index (κ1) is 13.8. The number of nitrogen functional groups attached to an aromatic ring is 1. The van der Waals surface area contributed by atoms with Gasteiger partial charge >= 0.3 is 5.97 Å². The maximum absolute atomic E-state index is 11.7. The van der Waals surface area contributed by atoms with Crippen LogP contribution < -0.4 is 10.6 Å². The van der Waals surface area contributed by atoms with E-state index in [1.807, 2.05) is 0 Å². The number of aromatic nitrogens is 2. The molecule has 0 saturated carbocycles. The summed E-state index contributed by atoms with van der Waals surface area (Å²) in [5.74, 6) is -1.35. The van der Waals surface area contributed by atoms with Crippen molar-refractivity contribution in [3.8, 4) is 0 Å². The summed E-state index contributed by atoms with van der Waals surface area (Å²) in [6.07, 6.45) is 1.19. The Labute approximate surface area is 114 Å². The van der Waals surface area contributed by atoms with Gasteiger partial charge < -0.3 is 15.7 Å². The number of sulfone groups is 1. The molecule has 1 saturated heterocycles. The minimum absolute atomic E-state index is 0.0620. The van der Waals surface area contributed by atoms with Gasteiger partial charge in [0.2, 0.25) is 0 Å². The average Bonchev–Trinajstić information content (AvgIpc) is 2.32. The zero-order valence-electron chi connectivity index (χ0n) is 9.65. The molecule has 1 aromatic heterocycles. The standard InChI is InChI=1S/C9H11ClN4O4S/c10-6-7(11)12-4-13-8(6)14-1-2-19(17,18)5(3-14)9(15)16/h4-5H,1-3H2,(H,15,16)(H2,11,12,13). The van der Waals surface area contributed by atoms with E-state index in [0.29, 0.717) is 0 Å². The number of hydrogen-bond donors (Lipinski definition) is 2. The number of hydrogen-bond acceptors (Lipinski definition) is 7. The molecule has 1 atom stereocenters. The van der Waals surface area contributed by atoms with Crippen LogP contribution in [0.4, 0.5) is 11.6 Å². The van der Waals surface area contributed by atoms with Gasteiger partial charge in [-0.1, -0.05) is 11.6 Å². The summed E-state index contributed by atoms with van der Waals surface area (Å²) in [5.41, 5.74) is 5.53. The fraction of sp³-hybridized carbons (Fsp3) is 0.444. The molecule has 0 aromatic carbocycles. The summed E-state index contributed by atoms with van der Waals surface area (Å²) >= 11 is 5.94. The van der Waals surface area contributed by atoms with Crippen LogP contribution >= 0.6 is 11.6 Å². The molecule has 0 spiro atoms. The normalized spacial score (nSPS) is 22.2. The van der Waals surface area contributed by atoms with Crippen molar-refractivity contribution in [1.29, 1.82) is 0 Å². The predicted octanol–water partition coefficient (Wildman–Crippen LogP) is -0.600. The van der Waals surface area contributed by atoms with E-state index >= 15 is 0 Å². The molecule has 1 unspecified atom stereocenters. The number of nitrogens with two attached hydrogens (primary N) is 1. The molecule has 1 aliphatic rings. The van der Waals surface area contributed by atoms with E-state index in [1.54, 1.807) is 0 Å². The van der Waals surface area contributed by atoms with E-state index in [2.05, 4.69) is 9.97 Å². The van der Waals surface area contributed by atoms with Crippen LogP contribution in [0.5, 0.6) is 0 Å². The van der Waals surface area contributed by atoms with E-state index in [0.717, 1.165) is 0 Å². The highest BCUT2D eigenvalue weighted by Crippen LogP contribution is 2.29. The first-order valence-electron chi connectivity index (χ1n) is 5.28. The summed E-state index contributed by atoms with van der Waals surface area (Å²) in [6, 6.07) is 0. The van der Waals surface area contributed by atoms with E-state index in [4.69, 9.17) is 22.4 Å². The summed E-state index contributed by atoms with van der Waals surface area (Å²) in [4.78, 5) is 20.1. The second-order valence-corrected chi connectivity index (χ2v) is 6.72. The molecular formula is C9H11ClN4O4S. The fourth-order valence-electron chi connectivity index (χ4n) is 1.80. The van der Waals surface area contributed by atoms with Gasteiger partial charge in [0.25, 0.3) is 0 Å². The Bertz CT molecular complexity index is 621. The molecule has 0 aliphatic carbocycles. The number of halogens is 1. The first-order valence-corrected chi connectivity index (χ1v) is 7.37. The molecule has 1 fully saturated rings. The molecule has 0 radical (unpaired) electrons. The monoisotopic (exact) mass is 306 g/mol. The van der Waals surface area contributed by atoms with Crippen molar-refractivity contribution in [3.63, 3.8) is 0 Å². The van der Waals surface area contributed by atoms with E-state index in [-0.39, 0.29) is 35.5 Å². The van der Waals surface area contributed by atoms with Crippen molar-refractivity contribution in [2.45, 2.75) is 5.25 Å². The molecule has 0 bridgehead atoms. The van der Waals surface area contributed by atoms with Crippen LogP contribution in [0.3, 0.4) is 0 Å². The molecule has 3 N–H and O–H groups in total. The average molecular weight is 307 g/mol. The van der Waals surface area contributed by atoms with Gasteiger partial charge in [0.1, 0.15) is 17.2 Å². The number of carboxylic acids is 1. The maximum atomic E-state index is 11.7. The largest absolute Gasteiger partial charge is 0.480 e. The van der Waals surface area contributed by atoms with Crippen LogP contribution in [0, 0.1) is 0 Å². The molecular weight excluding hydrogens is 296 g/mol. The van der Waals surface area contributed by atoms with Crippen LogP contribution in [0.25, 0.3) is 0 Å². The zero-order valence-corrected chi connectivity index (χ0v) is 11.2. The third-order valence-electron chi connectivity index (χ3n) is 2.84. The van der Waals surface area contributed by atoms with Crippen molar-refractivity contribution < 1.29 is 18.3 Å². The molecule has 8 nitrogen and oxygen atoms in total. The number of nitrogens with zero attached hydrogens (tertiary/aromatic N) is 3. The quantitative estimate of drug-likeness (QED) is 0.741. The van der Waals surface area contributed by atoms with Crippen LogP contribution in [0.1, 0.15) is 0 Å². The third-order valence-corrected chi connectivity index (χ3v) is 5.17. The molecule has 0 amide bonds. The first-order chi connectivity index (χ1) is 8.83. The summed E-state index contributed by atoms with van der Waals surface area (Å²) in [5, 5.41) is 7.56. The fourth-order valence-corrected chi connectivity index (χ4v) is 3.49. The van der Waals surface area contributed by atoms with Crippen molar-refractivity contribution in [2.75, 3.05) is 29.5 Å². The molecule has 2 rings (SSSR count). The number of anilines is 2.